The number of halogens is 3. The van der Waals surface area contributed by atoms with E-state index < -0.39 is 11.7 Å². The highest BCUT2D eigenvalue weighted by atomic mass is 19.4. The summed E-state index contributed by atoms with van der Waals surface area (Å²) in [5.41, 5.74) is 3.55. The number of alkyl halides is 3. The summed E-state index contributed by atoms with van der Waals surface area (Å²) >= 11 is 0. The van der Waals surface area contributed by atoms with Crippen LogP contribution in [0.3, 0.4) is 0 Å². The number of carbonyl (C=O) groups excluding carboxylic acids is 1. The first-order chi connectivity index (χ1) is 15.3. The molecule has 3 aromatic rings. The van der Waals surface area contributed by atoms with Gasteiger partial charge in [-0.25, -0.2) is 0 Å². The summed E-state index contributed by atoms with van der Waals surface area (Å²) in [6, 6.07) is 12.5. The zero-order valence-electron chi connectivity index (χ0n) is 17.7. The van der Waals surface area contributed by atoms with Crippen LogP contribution in [-0.2, 0) is 17.4 Å². The van der Waals surface area contributed by atoms with Gasteiger partial charge >= 0.3 is 6.18 Å². The van der Waals surface area contributed by atoms with E-state index in [9.17, 15) is 18.0 Å². The van der Waals surface area contributed by atoms with E-state index in [-0.39, 0.29) is 5.91 Å². The number of benzene rings is 2. The van der Waals surface area contributed by atoms with Crippen molar-refractivity contribution in [3.8, 4) is 0 Å². The molecule has 0 aliphatic carbocycles. The van der Waals surface area contributed by atoms with Crippen LogP contribution in [0.2, 0.25) is 0 Å². The van der Waals surface area contributed by atoms with Gasteiger partial charge in [-0.3, -0.25) is 9.78 Å². The molecule has 1 N–H and O–H groups in total. The molecule has 0 spiro atoms. The lowest BCUT2D eigenvalue weighted by Crippen LogP contribution is -2.37. The zero-order valence-corrected chi connectivity index (χ0v) is 17.7. The van der Waals surface area contributed by atoms with E-state index in [2.05, 4.69) is 23.2 Å². The molecule has 4 rings (SSSR count). The van der Waals surface area contributed by atoms with Crippen molar-refractivity contribution in [2.75, 3.05) is 23.3 Å². The predicted octanol–water partition coefficient (Wildman–Crippen LogP) is 6.07. The number of nitrogens with zero attached hydrogens (tertiary/aromatic N) is 2. The molecule has 0 radical (unpaired) electrons. The average Bonchev–Trinajstić information content (AvgIpc) is 2.71. The van der Waals surface area contributed by atoms with Crippen LogP contribution >= 0.6 is 0 Å². The number of rotatable bonds is 6. The molecule has 32 heavy (non-hydrogen) atoms. The van der Waals surface area contributed by atoms with Crippen LogP contribution in [0.4, 0.5) is 24.5 Å². The Morgan fingerprint density at radius 1 is 1.12 bits per heavy atom. The minimum Gasteiger partial charge on any atom is -0.371 e. The molecule has 1 fully saturated rings. The number of pyridine rings is 1. The molecular formula is C25H24F3N3O. The first-order valence-corrected chi connectivity index (χ1v) is 10.7. The van der Waals surface area contributed by atoms with E-state index in [0.717, 1.165) is 66.8 Å². The maximum absolute atomic E-state index is 12.7. The molecule has 1 saturated heterocycles. The SMILES string of the molecule is CCCc1cc(N2CCC2)c2cc(NC(=O)/C=C/c3ccc(C(F)(F)F)cc3)ccc2n1. The largest absolute Gasteiger partial charge is 0.416 e. The smallest absolute Gasteiger partial charge is 0.371 e. The lowest BCUT2D eigenvalue weighted by molar-refractivity contribution is -0.137. The van der Waals surface area contributed by atoms with E-state index >= 15 is 0 Å². The van der Waals surface area contributed by atoms with Gasteiger partial charge < -0.3 is 10.2 Å². The molecular weight excluding hydrogens is 415 g/mol. The minimum absolute atomic E-state index is 0.356. The molecule has 4 nitrogen and oxygen atoms in total. The van der Waals surface area contributed by atoms with E-state index in [1.54, 1.807) is 0 Å². The summed E-state index contributed by atoms with van der Waals surface area (Å²) in [7, 11) is 0. The molecule has 166 valence electrons. The monoisotopic (exact) mass is 439 g/mol. The third kappa shape index (κ3) is 4.93. The Hall–Kier alpha value is -3.35. The van der Waals surface area contributed by atoms with Crippen LogP contribution in [0.1, 0.15) is 36.6 Å². The molecule has 0 unspecified atom stereocenters. The Labute approximate surface area is 184 Å². The second-order valence-electron chi connectivity index (χ2n) is 7.90. The van der Waals surface area contributed by atoms with Crippen LogP contribution in [0.5, 0.6) is 0 Å². The van der Waals surface area contributed by atoms with Gasteiger partial charge in [0.15, 0.2) is 0 Å². The number of carbonyl (C=O) groups is 1. The van der Waals surface area contributed by atoms with E-state index in [0.29, 0.717) is 11.3 Å². The van der Waals surface area contributed by atoms with Gasteiger partial charge in [0.25, 0.3) is 0 Å². The van der Waals surface area contributed by atoms with Crippen molar-refractivity contribution >= 4 is 34.3 Å². The summed E-state index contributed by atoms with van der Waals surface area (Å²) in [5.74, 6) is -0.356. The molecule has 1 aliphatic rings. The molecule has 2 heterocycles. The fourth-order valence-electron chi connectivity index (χ4n) is 3.68. The maximum Gasteiger partial charge on any atom is 0.416 e. The summed E-state index contributed by atoms with van der Waals surface area (Å²) < 4.78 is 38.0. The van der Waals surface area contributed by atoms with Crippen molar-refractivity contribution in [1.29, 1.82) is 0 Å². The van der Waals surface area contributed by atoms with Gasteiger partial charge in [0.1, 0.15) is 0 Å². The van der Waals surface area contributed by atoms with E-state index in [4.69, 9.17) is 4.98 Å². The van der Waals surface area contributed by atoms with Crippen LogP contribution in [0.25, 0.3) is 17.0 Å². The van der Waals surface area contributed by atoms with Gasteiger partial charge in [0.2, 0.25) is 5.91 Å². The molecule has 0 saturated carbocycles. The number of anilines is 2. The van der Waals surface area contributed by atoms with Gasteiger partial charge in [-0.05, 0) is 60.9 Å². The predicted molar refractivity (Wildman–Crippen MR) is 122 cm³/mol. The minimum atomic E-state index is -4.38. The van der Waals surface area contributed by atoms with E-state index in [1.165, 1.54) is 24.3 Å². The van der Waals surface area contributed by atoms with Crippen molar-refractivity contribution < 1.29 is 18.0 Å². The summed E-state index contributed by atoms with van der Waals surface area (Å²) in [6.45, 7) is 4.15. The second-order valence-corrected chi connectivity index (χ2v) is 7.90. The molecule has 1 aromatic heterocycles. The van der Waals surface area contributed by atoms with Crippen molar-refractivity contribution in [1.82, 2.24) is 4.98 Å². The number of fused-ring (bicyclic) bond motifs is 1. The first kappa shape index (κ1) is 21.9. The quantitative estimate of drug-likeness (QED) is 0.474. The van der Waals surface area contributed by atoms with Crippen molar-refractivity contribution in [2.24, 2.45) is 0 Å². The maximum atomic E-state index is 12.7. The molecule has 1 aliphatic heterocycles. The highest BCUT2D eigenvalue weighted by Gasteiger charge is 2.29. The lowest BCUT2D eigenvalue weighted by atomic mass is 10.1. The van der Waals surface area contributed by atoms with Crippen LogP contribution in [0, 0.1) is 0 Å². The third-order valence-corrected chi connectivity index (χ3v) is 5.48. The zero-order chi connectivity index (χ0) is 22.7. The molecule has 0 bridgehead atoms. The van der Waals surface area contributed by atoms with E-state index in [1.807, 2.05) is 18.2 Å². The van der Waals surface area contributed by atoms with Crippen LogP contribution in [0.15, 0.2) is 54.6 Å². The fraction of sp³-hybridized carbons (Fsp3) is 0.280. The van der Waals surface area contributed by atoms with Gasteiger partial charge in [-0.1, -0.05) is 25.5 Å². The number of hydrogen-bond donors (Lipinski definition) is 1. The summed E-state index contributed by atoms with van der Waals surface area (Å²) in [6.07, 6.45) is 1.53. The first-order valence-electron chi connectivity index (χ1n) is 10.7. The number of hydrogen-bond acceptors (Lipinski definition) is 3. The highest BCUT2D eigenvalue weighted by molar-refractivity contribution is 6.04. The summed E-state index contributed by atoms with van der Waals surface area (Å²) in [4.78, 5) is 19.4. The Balaban J connectivity index is 1.51. The van der Waals surface area contributed by atoms with Crippen LogP contribution < -0.4 is 10.2 Å². The van der Waals surface area contributed by atoms with Gasteiger partial charge in [-0.15, -0.1) is 0 Å². The number of aryl methyl sites for hydroxylation is 1. The Morgan fingerprint density at radius 3 is 2.50 bits per heavy atom. The number of nitrogens with one attached hydrogen (secondary N) is 1. The Bertz CT molecular complexity index is 1150. The molecule has 7 heteroatoms. The molecule has 0 atom stereocenters. The Kier molecular flexibility index (Phi) is 6.17. The average molecular weight is 439 g/mol. The van der Waals surface area contributed by atoms with Crippen molar-refractivity contribution in [3.63, 3.8) is 0 Å². The highest BCUT2D eigenvalue weighted by Crippen LogP contribution is 2.32. The van der Waals surface area contributed by atoms with Crippen molar-refractivity contribution in [3.05, 3.63) is 71.4 Å². The normalized spacial score (nSPS) is 14.1. The van der Waals surface area contributed by atoms with Gasteiger partial charge in [0, 0.05) is 41.6 Å². The summed E-state index contributed by atoms with van der Waals surface area (Å²) in [5, 5.41) is 3.82. The standard InChI is InChI=1S/C25H24F3N3O/c1-2-4-19-16-23(31-13-3-14-31)21-15-20(10-11-22(21)29-19)30-24(32)12-7-17-5-8-18(9-6-17)25(26,27)28/h5-12,15-16H,2-4,13-14H2,1H3,(H,30,32)/b12-7+. The molecule has 1 amide bonds. The van der Waals surface area contributed by atoms with Crippen LogP contribution in [-0.4, -0.2) is 24.0 Å². The second kappa shape index (κ2) is 9.02. The molecule has 2 aromatic carbocycles. The third-order valence-electron chi connectivity index (χ3n) is 5.48. The Morgan fingerprint density at radius 2 is 1.88 bits per heavy atom. The van der Waals surface area contributed by atoms with Crippen molar-refractivity contribution in [2.45, 2.75) is 32.4 Å². The van der Waals surface area contributed by atoms with Gasteiger partial charge in [-0.2, -0.15) is 13.2 Å². The number of aromatic nitrogens is 1. The van der Waals surface area contributed by atoms with Gasteiger partial charge in [0.05, 0.1) is 11.1 Å². The lowest BCUT2D eigenvalue weighted by Gasteiger charge is -2.34. The topological polar surface area (TPSA) is 45.2 Å². The fourth-order valence-corrected chi connectivity index (χ4v) is 3.68. The number of amides is 1.